The molecule has 1 atom stereocenters. The number of amidine groups is 1. The van der Waals surface area contributed by atoms with Gasteiger partial charge in [-0.2, -0.15) is 5.10 Å². The Morgan fingerprint density at radius 1 is 1.13 bits per heavy atom. The fourth-order valence-corrected chi connectivity index (χ4v) is 3.48. The van der Waals surface area contributed by atoms with Crippen LogP contribution in [0.5, 0.6) is 11.5 Å². The van der Waals surface area contributed by atoms with Crippen molar-refractivity contribution < 1.29 is 29.7 Å². The highest BCUT2D eigenvalue weighted by Crippen LogP contribution is 2.30. The molecule has 30 heavy (non-hydrogen) atoms. The predicted octanol–water partition coefficient (Wildman–Crippen LogP) is 1.51. The Morgan fingerprint density at radius 3 is 2.47 bits per heavy atom. The van der Waals surface area contributed by atoms with E-state index >= 15 is 0 Å². The highest BCUT2D eigenvalue weighted by molar-refractivity contribution is 8.14. The Morgan fingerprint density at radius 2 is 1.83 bits per heavy atom. The average molecular weight is 428 g/mol. The highest BCUT2D eigenvalue weighted by atomic mass is 32.2. The fourth-order valence-electron chi connectivity index (χ4n) is 2.66. The van der Waals surface area contributed by atoms with E-state index < -0.39 is 23.0 Å². The second-order valence-corrected chi connectivity index (χ2v) is 7.38. The maximum Gasteiger partial charge on any atom is 0.335 e. The molecule has 11 heteroatoms. The number of carboxylic acid groups (broad SMARTS) is 1. The van der Waals surface area contributed by atoms with Crippen molar-refractivity contribution in [3.8, 4) is 11.5 Å². The molecule has 10 nitrogen and oxygen atoms in total. The third kappa shape index (κ3) is 4.58. The zero-order valence-electron chi connectivity index (χ0n) is 15.3. The normalized spacial score (nSPS) is 17.1. The molecule has 0 bridgehead atoms. The summed E-state index contributed by atoms with van der Waals surface area (Å²) in [6.07, 6.45) is 1.21. The van der Waals surface area contributed by atoms with E-state index in [0.29, 0.717) is 5.56 Å². The van der Waals surface area contributed by atoms with Crippen molar-refractivity contribution in [3.63, 3.8) is 0 Å². The molecule has 154 valence electrons. The zero-order chi connectivity index (χ0) is 21.8. The molecule has 3 rings (SSSR count). The highest BCUT2D eigenvalue weighted by Gasteiger charge is 2.40. The van der Waals surface area contributed by atoms with Crippen molar-refractivity contribution in [1.29, 1.82) is 0 Å². The SMILES string of the molecule is N/C(=N\N=C\c1ccc(O)c(O)c1)SC1CC(=O)N(c2ccc(C(=O)O)cc2)C1=O. The minimum atomic E-state index is -1.11. The number of phenols is 2. The van der Waals surface area contributed by atoms with E-state index in [4.69, 9.17) is 10.8 Å². The van der Waals surface area contributed by atoms with Gasteiger partial charge in [0.1, 0.15) is 5.25 Å². The van der Waals surface area contributed by atoms with Crippen molar-refractivity contribution in [2.75, 3.05) is 4.90 Å². The van der Waals surface area contributed by atoms with Crippen molar-refractivity contribution in [3.05, 3.63) is 53.6 Å². The number of carbonyl (C=O) groups excluding carboxylic acids is 2. The number of nitrogens with zero attached hydrogens (tertiary/aromatic N) is 3. The number of aromatic hydroxyl groups is 2. The van der Waals surface area contributed by atoms with Gasteiger partial charge in [0, 0.05) is 6.42 Å². The summed E-state index contributed by atoms with van der Waals surface area (Å²) in [5, 5.41) is 34.3. The molecule has 1 fully saturated rings. The maximum absolute atomic E-state index is 12.6. The van der Waals surface area contributed by atoms with Crippen LogP contribution in [-0.4, -0.2) is 49.7 Å². The smallest absolute Gasteiger partial charge is 0.335 e. The number of anilines is 1. The molecule has 1 unspecified atom stereocenters. The second kappa shape index (κ2) is 8.66. The van der Waals surface area contributed by atoms with Gasteiger partial charge in [-0.3, -0.25) is 9.59 Å². The third-order valence-electron chi connectivity index (χ3n) is 4.10. The summed E-state index contributed by atoms with van der Waals surface area (Å²) in [5.41, 5.74) is 6.56. The molecule has 2 aromatic rings. The van der Waals surface area contributed by atoms with Crippen LogP contribution in [0.3, 0.4) is 0 Å². The standard InChI is InChI=1S/C19H16N4O6S/c20-19(22-21-9-10-1-6-13(24)14(25)7-10)30-15-8-16(26)23(17(15)27)12-4-2-11(3-5-12)18(28)29/h1-7,9,15,24-25H,8H2,(H2,20,22)(H,28,29)/b21-9+. The largest absolute Gasteiger partial charge is 0.504 e. The minimum absolute atomic E-state index is 0.0384. The van der Waals surface area contributed by atoms with Gasteiger partial charge in [-0.1, -0.05) is 11.8 Å². The fraction of sp³-hybridized carbons (Fsp3) is 0.105. The molecule has 1 aliphatic heterocycles. The van der Waals surface area contributed by atoms with Crippen molar-refractivity contribution in [2.45, 2.75) is 11.7 Å². The molecular weight excluding hydrogens is 412 g/mol. The van der Waals surface area contributed by atoms with Crippen LogP contribution in [0.15, 0.2) is 52.7 Å². The number of hydrogen-bond donors (Lipinski definition) is 4. The lowest BCUT2D eigenvalue weighted by molar-refractivity contribution is -0.121. The lowest BCUT2D eigenvalue weighted by Gasteiger charge is -2.14. The molecule has 0 aliphatic carbocycles. The van der Waals surface area contributed by atoms with Crippen LogP contribution in [0.25, 0.3) is 0 Å². The first kappa shape index (κ1) is 20.9. The molecule has 2 aromatic carbocycles. The summed E-state index contributed by atoms with van der Waals surface area (Å²) in [6.45, 7) is 0. The van der Waals surface area contributed by atoms with Crippen molar-refractivity contribution in [1.82, 2.24) is 0 Å². The van der Waals surface area contributed by atoms with E-state index in [1.54, 1.807) is 0 Å². The molecule has 0 radical (unpaired) electrons. The van der Waals surface area contributed by atoms with Crippen LogP contribution in [0.2, 0.25) is 0 Å². The summed E-state index contributed by atoms with van der Waals surface area (Å²) >= 11 is 0.885. The number of nitrogens with two attached hydrogens (primary N) is 1. The topological polar surface area (TPSA) is 166 Å². The summed E-state index contributed by atoms with van der Waals surface area (Å²) in [6, 6.07) is 9.48. The number of amides is 2. The number of phenolic OH excluding ortho intramolecular Hbond substituents is 2. The summed E-state index contributed by atoms with van der Waals surface area (Å²) in [7, 11) is 0. The van der Waals surface area contributed by atoms with Gasteiger partial charge in [-0.05, 0) is 48.0 Å². The van der Waals surface area contributed by atoms with Crippen LogP contribution in [0, 0.1) is 0 Å². The van der Waals surface area contributed by atoms with Crippen LogP contribution >= 0.6 is 11.8 Å². The monoisotopic (exact) mass is 428 g/mol. The van der Waals surface area contributed by atoms with E-state index in [0.717, 1.165) is 16.7 Å². The number of thioether (sulfide) groups is 1. The Balaban J connectivity index is 1.66. The number of hydrogen-bond acceptors (Lipinski definition) is 8. The number of carboxylic acids is 1. The van der Waals surface area contributed by atoms with Crippen LogP contribution in [0.1, 0.15) is 22.3 Å². The third-order valence-corrected chi connectivity index (χ3v) is 5.08. The molecule has 2 amide bonds. The minimum Gasteiger partial charge on any atom is -0.504 e. The second-order valence-electron chi connectivity index (χ2n) is 6.16. The first-order chi connectivity index (χ1) is 14.3. The first-order valence-corrected chi connectivity index (χ1v) is 9.39. The Labute approximate surface area is 174 Å². The molecule has 0 spiro atoms. The zero-order valence-corrected chi connectivity index (χ0v) is 16.1. The summed E-state index contributed by atoms with van der Waals surface area (Å²) in [5.74, 6) is -2.61. The molecule has 0 saturated carbocycles. The van der Waals surface area contributed by atoms with Gasteiger partial charge in [0.05, 0.1) is 17.5 Å². The van der Waals surface area contributed by atoms with E-state index in [-0.39, 0.29) is 34.3 Å². The molecule has 1 saturated heterocycles. The quantitative estimate of drug-likeness (QED) is 0.183. The van der Waals surface area contributed by atoms with Crippen LogP contribution < -0.4 is 10.6 Å². The lowest BCUT2D eigenvalue weighted by Crippen LogP contribution is -2.31. The number of rotatable bonds is 5. The van der Waals surface area contributed by atoms with Gasteiger partial charge >= 0.3 is 5.97 Å². The van der Waals surface area contributed by atoms with Gasteiger partial charge < -0.3 is 21.1 Å². The van der Waals surface area contributed by atoms with Crippen LogP contribution in [-0.2, 0) is 9.59 Å². The molecule has 1 heterocycles. The number of aromatic carboxylic acids is 1. The van der Waals surface area contributed by atoms with E-state index in [1.807, 2.05) is 0 Å². The molecular formula is C19H16N4O6S. The lowest BCUT2D eigenvalue weighted by atomic mass is 10.2. The average Bonchev–Trinajstić information content (AvgIpc) is 2.97. The van der Waals surface area contributed by atoms with E-state index in [2.05, 4.69) is 10.2 Å². The van der Waals surface area contributed by atoms with Crippen molar-refractivity contribution in [2.24, 2.45) is 15.9 Å². The number of carbonyl (C=O) groups is 3. The van der Waals surface area contributed by atoms with E-state index in [9.17, 15) is 24.6 Å². The first-order valence-electron chi connectivity index (χ1n) is 8.51. The van der Waals surface area contributed by atoms with Gasteiger partial charge in [-0.25, -0.2) is 9.69 Å². The summed E-state index contributed by atoms with van der Waals surface area (Å²) in [4.78, 5) is 36.8. The van der Waals surface area contributed by atoms with Crippen LogP contribution in [0.4, 0.5) is 5.69 Å². The molecule has 5 N–H and O–H groups in total. The maximum atomic E-state index is 12.6. The molecule has 0 aromatic heterocycles. The Bertz CT molecular complexity index is 1070. The Hall–Kier alpha value is -3.86. The van der Waals surface area contributed by atoms with Gasteiger partial charge in [0.2, 0.25) is 11.8 Å². The van der Waals surface area contributed by atoms with Gasteiger partial charge in [0.25, 0.3) is 0 Å². The predicted molar refractivity (Wildman–Crippen MR) is 111 cm³/mol. The molecule has 1 aliphatic rings. The van der Waals surface area contributed by atoms with Crippen molar-refractivity contribution >= 4 is 46.6 Å². The number of benzene rings is 2. The van der Waals surface area contributed by atoms with E-state index in [1.165, 1.54) is 48.7 Å². The number of imide groups is 1. The summed E-state index contributed by atoms with van der Waals surface area (Å²) < 4.78 is 0. The Kier molecular flexibility index (Phi) is 6.02. The van der Waals surface area contributed by atoms with Gasteiger partial charge in [0.15, 0.2) is 16.7 Å². The van der Waals surface area contributed by atoms with Gasteiger partial charge in [-0.15, -0.1) is 5.10 Å².